The summed E-state index contributed by atoms with van der Waals surface area (Å²) in [6.07, 6.45) is 2.55. The number of hydrogen-bond acceptors (Lipinski definition) is 2. The third-order valence-electron chi connectivity index (χ3n) is 1.99. The van der Waals surface area contributed by atoms with Crippen molar-refractivity contribution in [2.24, 2.45) is 0 Å². The third kappa shape index (κ3) is 2.64. The highest BCUT2D eigenvalue weighted by Gasteiger charge is 2.18. The van der Waals surface area contributed by atoms with Crippen molar-refractivity contribution >= 4 is 0 Å². The van der Waals surface area contributed by atoms with Crippen LogP contribution in [0.2, 0.25) is 0 Å². The lowest BCUT2D eigenvalue weighted by Crippen LogP contribution is -2.27. The van der Waals surface area contributed by atoms with Gasteiger partial charge in [0.25, 0.3) is 0 Å². The van der Waals surface area contributed by atoms with Crippen LogP contribution < -0.4 is 0 Å². The van der Waals surface area contributed by atoms with E-state index in [2.05, 4.69) is 31.7 Å². The summed E-state index contributed by atoms with van der Waals surface area (Å²) in [6, 6.07) is 0. The molecule has 1 aliphatic heterocycles. The summed E-state index contributed by atoms with van der Waals surface area (Å²) in [5.41, 5.74) is 1.38. The second-order valence-electron chi connectivity index (χ2n) is 3.25. The summed E-state index contributed by atoms with van der Waals surface area (Å²) >= 11 is 0. The molecule has 1 rings (SSSR count). The van der Waals surface area contributed by atoms with Gasteiger partial charge in [-0.15, -0.1) is 0 Å². The Kier molecular flexibility index (Phi) is 3.09. The fourth-order valence-corrected chi connectivity index (χ4v) is 1.17. The van der Waals surface area contributed by atoms with Gasteiger partial charge in [0, 0.05) is 13.1 Å². The third-order valence-corrected chi connectivity index (χ3v) is 1.99. The zero-order valence-corrected chi connectivity index (χ0v) is 7.63. The normalized spacial score (nSPS) is 25.5. The molecule has 1 fully saturated rings. The van der Waals surface area contributed by atoms with Gasteiger partial charge in [-0.3, -0.25) is 4.90 Å². The molecule has 0 bridgehead atoms. The highest BCUT2D eigenvalue weighted by molar-refractivity contribution is 4.95. The largest absolute Gasteiger partial charge is 0.362 e. The summed E-state index contributed by atoms with van der Waals surface area (Å²) in [6.45, 7) is 9.35. The molecule has 64 valence electrons. The fourth-order valence-electron chi connectivity index (χ4n) is 1.17. The second-order valence-corrected chi connectivity index (χ2v) is 3.25. The van der Waals surface area contributed by atoms with Crippen LogP contribution in [0.15, 0.2) is 11.6 Å². The van der Waals surface area contributed by atoms with E-state index < -0.39 is 0 Å². The Morgan fingerprint density at radius 2 is 2.36 bits per heavy atom. The van der Waals surface area contributed by atoms with Crippen LogP contribution in [-0.2, 0) is 4.74 Å². The van der Waals surface area contributed by atoms with Crippen molar-refractivity contribution in [2.45, 2.75) is 27.0 Å². The summed E-state index contributed by atoms with van der Waals surface area (Å²) in [7, 11) is 0. The van der Waals surface area contributed by atoms with Crippen molar-refractivity contribution in [3.63, 3.8) is 0 Å². The fraction of sp³-hybridized carbons (Fsp3) is 0.778. The van der Waals surface area contributed by atoms with Crippen LogP contribution in [0.25, 0.3) is 0 Å². The maximum Gasteiger partial charge on any atom is 0.108 e. The van der Waals surface area contributed by atoms with Gasteiger partial charge in [-0.1, -0.05) is 11.6 Å². The Labute approximate surface area is 68.8 Å². The molecule has 0 aromatic carbocycles. The Hall–Kier alpha value is -0.340. The number of nitrogens with zero attached hydrogens (tertiary/aromatic N) is 1. The van der Waals surface area contributed by atoms with E-state index in [0.29, 0.717) is 6.23 Å². The quantitative estimate of drug-likeness (QED) is 0.562. The SMILES string of the molecule is CC(C)=CCN1CCOC1C. The zero-order chi connectivity index (χ0) is 8.27. The first-order chi connectivity index (χ1) is 5.20. The first-order valence-corrected chi connectivity index (χ1v) is 4.19. The van der Waals surface area contributed by atoms with Gasteiger partial charge < -0.3 is 4.74 Å². The molecule has 0 aromatic heterocycles. The molecule has 1 aliphatic rings. The second kappa shape index (κ2) is 3.88. The van der Waals surface area contributed by atoms with Gasteiger partial charge in [0.1, 0.15) is 6.23 Å². The van der Waals surface area contributed by atoms with Crippen LogP contribution in [0, 0.1) is 0 Å². The highest BCUT2D eigenvalue weighted by atomic mass is 16.5. The summed E-state index contributed by atoms with van der Waals surface area (Å²) in [4.78, 5) is 2.33. The molecule has 0 aromatic rings. The standard InChI is InChI=1S/C9H17NO/c1-8(2)4-5-10-6-7-11-9(10)3/h4,9H,5-7H2,1-3H3. The molecule has 1 heterocycles. The van der Waals surface area contributed by atoms with E-state index in [-0.39, 0.29) is 0 Å². The van der Waals surface area contributed by atoms with Crippen molar-refractivity contribution in [3.8, 4) is 0 Å². The monoisotopic (exact) mass is 155 g/mol. The highest BCUT2D eigenvalue weighted by Crippen LogP contribution is 2.08. The molecule has 1 saturated heterocycles. The molecule has 0 radical (unpaired) electrons. The van der Waals surface area contributed by atoms with E-state index >= 15 is 0 Å². The molecular weight excluding hydrogens is 138 g/mol. The number of rotatable bonds is 2. The Bertz CT molecular complexity index is 150. The van der Waals surface area contributed by atoms with Crippen LogP contribution in [0.3, 0.4) is 0 Å². The number of ether oxygens (including phenoxy) is 1. The van der Waals surface area contributed by atoms with Crippen LogP contribution >= 0.6 is 0 Å². The van der Waals surface area contributed by atoms with Crippen LogP contribution in [0.5, 0.6) is 0 Å². The molecule has 0 amide bonds. The van der Waals surface area contributed by atoms with Gasteiger partial charge in [-0.25, -0.2) is 0 Å². The molecule has 1 atom stereocenters. The molecule has 0 aliphatic carbocycles. The summed E-state index contributed by atoms with van der Waals surface area (Å²) < 4.78 is 5.39. The van der Waals surface area contributed by atoms with Crippen LogP contribution in [-0.4, -0.2) is 30.8 Å². The molecule has 2 heteroatoms. The zero-order valence-electron chi connectivity index (χ0n) is 7.63. The van der Waals surface area contributed by atoms with Crippen molar-refractivity contribution < 1.29 is 4.74 Å². The molecule has 1 unspecified atom stereocenters. The number of hydrogen-bond donors (Lipinski definition) is 0. The first-order valence-electron chi connectivity index (χ1n) is 4.19. The van der Waals surface area contributed by atoms with Crippen molar-refractivity contribution in [3.05, 3.63) is 11.6 Å². The van der Waals surface area contributed by atoms with Crippen molar-refractivity contribution in [2.75, 3.05) is 19.7 Å². The lowest BCUT2D eigenvalue weighted by atomic mass is 10.3. The predicted molar refractivity (Wildman–Crippen MR) is 46.4 cm³/mol. The maximum absolute atomic E-state index is 5.39. The van der Waals surface area contributed by atoms with E-state index in [4.69, 9.17) is 4.74 Å². The molecule has 11 heavy (non-hydrogen) atoms. The van der Waals surface area contributed by atoms with Gasteiger partial charge >= 0.3 is 0 Å². The van der Waals surface area contributed by atoms with Gasteiger partial charge in [0.05, 0.1) is 6.61 Å². The minimum Gasteiger partial charge on any atom is -0.362 e. The first kappa shape index (κ1) is 8.75. The topological polar surface area (TPSA) is 12.5 Å². The Morgan fingerprint density at radius 3 is 2.82 bits per heavy atom. The van der Waals surface area contributed by atoms with E-state index in [9.17, 15) is 0 Å². The minimum atomic E-state index is 0.311. The van der Waals surface area contributed by atoms with Gasteiger partial charge in [-0.2, -0.15) is 0 Å². The minimum absolute atomic E-state index is 0.311. The van der Waals surface area contributed by atoms with Gasteiger partial charge in [0.15, 0.2) is 0 Å². The van der Waals surface area contributed by atoms with E-state index in [1.54, 1.807) is 0 Å². The average Bonchev–Trinajstić information content (AvgIpc) is 2.31. The van der Waals surface area contributed by atoms with E-state index in [1.807, 2.05) is 0 Å². The van der Waals surface area contributed by atoms with Crippen LogP contribution in [0.1, 0.15) is 20.8 Å². The van der Waals surface area contributed by atoms with E-state index in [1.165, 1.54) is 5.57 Å². The lowest BCUT2D eigenvalue weighted by molar-refractivity contribution is 0.0554. The van der Waals surface area contributed by atoms with Gasteiger partial charge in [0.2, 0.25) is 0 Å². The molecule has 0 N–H and O–H groups in total. The Morgan fingerprint density at radius 1 is 1.64 bits per heavy atom. The molecule has 0 spiro atoms. The maximum atomic E-state index is 5.39. The summed E-state index contributed by atoms with van der Waals surface area (Å²) in [5.74, 6) is 0. The van der Waals surface area contributed by atoms with Crippen LogP contribution in [0.4, 0.5) is 0 Å². The predicted octanol–water partition coefficient (Wildman–Crippen LogP) is 1.63. The Balaban J connectivity index is 2.31. The van der Waals surface area contributed by atoms with Crippen molar-refractivity contribution in [1.29, 1.82) is 0 Å². The van der Waals surface area contributed by atoms with E-state index in [0.717, 1.165) is 19.7 Å². The van der Waals surface area contributed by atoms with Crippen molar-refractivity contribution in [1.82, 2.24) is 4.90 Å². The average molecular weight is 155 g/mol. The smallest absolute Gasteiger partial charge is 0.108 e. The summed E-state index contributed by atoms with van der Waals surface area (Å²) in [5, 5.41) is 0. The molecule has 0 saturated carbocycles. The molecular formula is C9H17NO. The number of allylic oxidation sites excluding steroid dienone is 1. The lowest BCUT2D eigenvalue weighted by Gasteiger charge is -2.16. The van der Waals surface area contributed by atoms with Gasteiger partial charge in [-0.05, 0) is 20.8 Å². The molecule has 2 nitrogen and oxygen atoms in total.